The molecule has 20 heavy (non-hydrogen) atoms. The van der Waals surface area contributed by atoms with E-state index in [1.165, 1.54) is 0 Å². The Kier molecular flexibility index (Phi) is 4.72. The molecule has 0 aliphatic rings. The second-order valence-electron chi connectivity index (χ2n) is 4.52. The van der Waals surface area contributed by atoms with Gasteiger partial charge in [0.25, 0.3) is 0 Å². The highest BCUT2D eigenvalue weighted by Gasteiger charge is 2.14. The average Bonchev–Trinajstić information content (AvgIpc) is 2.79. The maximum absolute atomic E-state index is 10.7. The van der Waals surface area contributed by atoms with Crippen molar-refractivity contribution in [2.24, 2.45) is 5.92 Å². The van der Waals surface area contributed by atoms with Gasteiger partial charge in [-0.1, -0.05) is 18.5 Å². The lowest BCUT2D eigenvalue weighted by atomic mass is 10.1. The van der Waals surface area contributed by atoms with Gasteiger partial charge in [0, 0.05) is 23.0 Å². The third kappa shape index (κ3) is 3.55. The summed E-state index contributed by atoms with van der Waals surface area (Å²) in [6.07, 6.45) is 0.0730. The zero-order valence-corrected chi connectivity index (χ0v) is 13.0. The van der Waals surface area contributed by atoms with Crippen LogP contribution in [0, 0.1) is 5.92 Å². The van der Waals surface area contributed by atoms with E-state index in [2.05, 4.69) is 31.5 Å². The lowest BCUT2D eigenvalue weighted by molar-refractivity contribution is -0.138. The number of carboxylic acid groups (broad SMARTS) is 1. The molecule has 1 N–H and O–H groups in total. The number of carboxylic acids is 1. The topological polar surface area (TPSA) is 80.9 Å². The summed E-state index contributed by atoms with van der Waals surface area (Å²) in [5, 5.41) is 20.9. The molecule has 0 aliphatic heterocycles. The number of benzene rings is 1. The average molecular weight is 360 g/mol. The Hall–Kier alpha value is -1.47. The highest BCUT2D eigenvalue weighted by atomic mass is 79.9. The van der Waals surface area contributed by atoms with E-state index in [1.54, 1.807) is 10.7 Å². The maximum Gasteiger partial charge on any atom is 0.303 e. The van der Waals surface area contributed by atoms with Gasteiger partial charge >= 0.3 is 5.97 Å². The molecule has 0 radical (unpaired) electrons. The Balaban J connectivity index is 2.23. The first-order valence-corrected chi connectivity index (χ1v) is 7.08. The Morgan fingerprint density at radius 1 is 1.55 bits per heavy atom. The number of tetrazole rings is 1. The fourth-order valence-corrected chi connectivity index (χ4v) is 2.32. The molecule has 2 aromatic rings. The van der Waals surface area contributed by atoms with Gasteiger partial charge < -0.3 is 5.11 Å². The van der Waals surface area contributed by atoms with E-state index in [1.807, 2.05) is 19.1 Å². The Morgan fingerprint density at radius 3 is 2.95 bits per heavy atom. The molecule has 0 aliphatic carbocycles. The molecule has 1 aromatic carbocycles. The Labute approximate surface area is 128 Å². The molecular weight excluding hydrogens is 348 g/mol. The number of rotatable bonds is 5. The summed E-state index contributed by atoms with van der Waals surface area (Å²) in [5.74, 6) is -0.313. The van der Waals surface area contributed by atoms with Gasteiger partial charge in [-0.3, -0.25) is 4.79 Å². The highest BCUT2D eigenvalue weighted by Crippen LogP contribution is 2.27. The summed E-state index contributed by atoms with van der Waals surface area (Å²) in [5.41, 5.74) is 0.814. The largest absolute Gasteiger partial charge is 0.481 e. The maximum atomic E-state index is 10.7. The van der Waals surface area contributed by atoms with Crippen molar-refractivity contribution in [2.45, 2.75) is 19.9 Å². The van der Waals surface area contributed by atoms with E-state index in [0.717, 1.165) is 10.0 Å². The monoisotopic (exact) mass is 358 g/mol. The molecule has 1 aromatic heterocycles. The van der Waals surface area contributed by atoms with E-state index in [9.17, 15) is 4.79 Å². The lowest BCUT2D eigenvalue weighted by Gasteiger charge is -2.10. The molecule has 1 atom stereocenters. The van der Waals surface area contributed by atoms with Gasteiger partial charge in [0.05, 0.1) is 5.02 Å². The van der Waals surface area contributed by atoms with Crippen LogP contribution >= 0.6 is 27.5 Å². The minimum Gasteiger partial charge on any atom is -0.481 e. The zero-order valence-electron chi connectivity index (χ0n) is 10.6. The Bertz CT molecular complexity index is 632. The number of halogens is 2. The van der Waals surface area contributed by atoms with Gasteiger partial charge in [-0.2, -0.15) is 0 Å². The molecule has 2 rings (SSSR count). The first kappa shape index (κ1) is 14.9. The van der Waals surface area contributed by atoms with Crippen LogP contribution in [0.25, 0.3) is 11.4 Å². The minimum absolute atomic E-state index is 0.0644. The molecule has 0 spiro atoms. The van der Waals surface area contributed by atoms with Crippen molar-refractivity contribution >= 4 is 33.5 Å². The summed E-state index contributed by atoms with van der Waals surface area (Å²) in [7, 11) is 0. The number of hydrogen-bond donors (Lipinski definition) is 1. The van der Waals surface area contributed by atoms with Crippen LogP contribution in [0.4, 0.5) is 0 Å². The van der Waals surface area contributed by atoms with Crippen LogP contribution in [0.1, 0.15) is 13.3 Å². The summed E-state index contributed by atoms with van der Waals surface area (Å²) in [4.78, 5) is 10.7. The zero-order chi connectivity index (χ0) is 14.7. The second kappa shape index (κ2) is 6.32. The van der Waals surface area contributed by atoms with Crippen LogP contribution in [-0.4, -0.2) is 31.3 Å². The summed E-state index contributed by atoms with van der Waals surface area (Å²) in [6, 6.07) is 5.39. The summed E-state index contributed by atoms with van der Waals surface area (Å²) in [6.45, 7) is 2.28. The van der Waals surface area contributed by atoms with E-state index >= 15 is 0 Å². The molecule has 0 saturated carbocycles. The predicted molar refractivity (Wildman–Crippen MR) is 77.4 cm³/mol. The van der Waals surface area contributed by atoms with Crippen LogP contribution in [0.3, 0.4) is 0 Å². The normalized spacial score (nSPS) is 12.3. The number of carbonyl (C=O) groups is 1. The SMILES string of the molecule is CC(CC(=O)O)Cn1nnnc1-c1ccc(Cl)c(Br)c1. The van der Waals surface area contributed by atoms with Gasteiger partial charge in [-0.05, 0) is 50.5 Å². The van der Waals surface area contributed by atoms with Gasteiger partial charge in [0.2, 0.25) is 0 Å². The van der Waals surface area contributed by atoms with Crippen LogP contribution in [0.2, 0.25) is 5.02 Å². The molecule has 0 bridgehead atoms. The fraction of sp³-hybridized carbons (Fsp3) is 0.333. The van der Waals surface area contributed by atoms with Gasteiger partial charge in [-0.25, -0.2) is 4.68 Å². The van der Waals surface area contributed by atoms with Crippen LogP contribution < -0.4 is 0 Å². The van der Waals surface area contributed by atoms with Crippen LogP contribution in [0.5, 0.6) is 0 Å². The van der Waals surface area contributed by atoms with Gasteiger partial charge in [0.15, 0.2) is 5.82 Å². The van der Waals surface area contributed by atoms with Crippen molar-refractivity contribution in [3.05, 3.63) is 27.7 Å². The van der Waals surface area contributed by atoms with Crippen molar-refractivity contribution in [2.75, 3.05) is 0 Å². The highest BCUT2D eigenvalue weighted by molar-refractivity contribution is 9.10. The second-order valence-corrected chi connectivity index (χ2v) is 5.78. The van der Waals surface area contributed by atoms with Gasteiger partial charge in [0.1, 0.15) is 0 Å². The summed E-state index contributed by atoms with van der Waals surface area (Å²) >= 11 is 9.31. The smallest absolute Gasteiger partial charge is 0.303 e. The fourth-order valence-electron chi connectivity index (χ4n) is 1.83. The van der Waals surface area contributed by atoms with Crippen LogP contribution in [-0.2, 0) is 11.3 Å². The first-order chi connectivity index (χ1) is 9.47. The third-order valence-electron chi connectivity index (χ3n) is 2.72. The molecule has 0 amide bonds. The molecule has 0 saturated heterocycles. The molecule has 1 unspecified atom stereocenters. The standard InChI is InChI=1S/C12H12BrClN4O2/c1-7(4-11(19)20)6-18-12(15-16-17-18)8-2-3-10(14)9(13)5-8/h2-3,5,7H,4,6H2,1H3,(H,19,20). The molecule has 8 heteroatoms. The number of aliphatic carboxylic acids is 1. The van der Waals surface area contributed by atoms with Crippen LogP contribution in [0.15, 0.2) is 22.7 Å². The van der Waals surface area contributed by atoms with E-state index in [-0.39, 0.29) is 12.3 Å². The van der Waals surface area contributed by atoms with Gasteiger partial charge in [-0.15, -0.1) is 5.10 Å². The number of nitrogens with zero attached hydrogens (tertiary/aromatic N) is 4. The first-order valence-electron chi connectivity index (χ1n) is 5.90. The lowest BCUT2D eigenvalue weighted by Crippen LogP contribution is -2.14. The molecule has 1 heterocycles. The number of aromatic nitrogens is 4. The third-order valence-corrected chi connectivity index (χ3v) is 3.93. The van der Waals surface area contributed by atoms with Crippen molar-refractivity contribution in [3.63, 3.8) is 0 Å². The molecule has 0 fully saturated rings. The van der Waals surface area contributed by atoms with E-state index in [4.69, 9.17) is 16.7 Å². The molecular formula is C12H12BrClN4O2. The summed E-state index contributed by atoms with van der Waals surface area (Å²) < 4.78 is 2.35. The van der Waals surface area contributed by atoms with E-state index in [0.29, 0.717) is 17.4 Å². The van der Waals surface area contributed by atoms with Crippen molar-refractivity contribution in [3.8, 4) is 11.4 Å². The quantitative estimate of drug-likeness (QED) is 0.888. The molecule has 106 valence electrons. The van der Waals surface area contributed by atoms with E-state index < -0.39 is 5.97 Å². The van der Waals surface area contributed by atoms with Crippen molar-refractivity contribution < 1.29 is 9.90 Å². The van der Waals surface area contributed by atoms with Crippen molar-refractivity contribution in [1.82, 2.24) is 20.2 Å². The number of hydrogen-bond acceptors (Lipinski definition) is 4. The Morgan fingerprint density at radius 2 is 2.30 bits per heavy atom. The molecule has 6 nitrogen and oxygen atoms in total. The predicted octanol–water partition coefficient (Wildman–Crippen LogP) is 2.87. The van der Waals surface area contributed by atoms with Crippen molar-refractivity contribution in [1.29, 1.82) is 0 Å². The minimum atomic E-state index is -0.832.